The van der Waals surface area contributed by atoms with Crippen molar-refractivity contribution >= 4 is 17.7 Å². The largest absolute Gasteiger partial charge is 0.464 e. The van der Waals surface area contributed by atoms with Crippen molar-refractivity contribution in [1.29, 1.82) is 0 Å². The number of anilines is 1. The first kappa shape index (κ1) is 16.2. The highest BCUT2D eigenvalue weighted by Crippen LogP contribution is 2.16. The minimum atomic E-state index is -0.498. The maximum atomic E-state index is 11.4. The van der Waals surface area contributed by atoms with Gasteiger partial charge >= 0.3 is 5.97 Å². The van der Waals surface area contributed by atoms with Gasteiger partial charge in [-0.3, -0.25) is 4.79 Å². The molecule has 8 nitrogen and oxygen atoms in total. The molecule has 120 valence electrons. The van der Waals surface area contributed by atoms with Crippen molar-refractivity contribution in [2.24, 2.45) is 5.92 Å². The first-order chi connectivity index (χ1) is 10.6. The number of carbonyl (C=O) groups excluding carboxylic acids is 2. The summed E-state index contributed by atoms with van der Waals surface area (Å²) in [5, 5.41) is 0. The van der Waals surface area contributed by atoms with E-state index >= 15 is 0 Å². The van der Waals surface area contributed by atoms with Gasteiger partial charge in [-0.15, -0.1) is 0 Å². The van der Waals surface area contributed by atoms with Gasteiger partial charge in [-0.1, -0.05) is 0 Å². The summed E-state index contributed by atoms with van der Waals surface area (Å²) >= 11 is 0. The Balaban J connectivity index is 1.75. The Morgan fingerprint density at radius 2 is 2.09 bits per heavy atom. The molecule has 1 fully saturated rings. The van der Waals surface area contributed by atoms with Gasteiger partial charge < -0.3 is 15.1 Å². The van der Waals surface area contributed by atoms with E-state index in [9.17, 15) is 9.59 Å². The summed E-state index contributed by atoms with van der Waals surface area (Å²) in [6.45, 7) is 3.99. The maximum absolute atomic E-state index is 11.4. The van der Waals surface area contributed by atoms with E-state index in [0.717, 1.165) is 32.5 Å². The predicted octanol–water partition coefficient (Wildman–Crippen LogP) is 0.438. The van der Waals surface area contributed by atoms with Crippen LogP contribution in [-0.2, 0) is 9.53 Å². The highest BCUT2D eigenvalue weighted by Gasteiger charge is 2.20. The lowest BCUT2D eigenvalue weighted by atomic mass is 9.97. The van der Waals surface area contributed by atoms with Crippen molar-refractivity contribution in [1.82, 2.24) is 20.3 Å². The molecule has 0 saturated carbocycles. The van der Waals surface area contributed by atoms with E-state index in [2.05, 4.69) is 25.6 Å². The van der Waals surface area contributed by atoms with Gasteiger partial charge in [0, 0.05) is 32.6 Å². The average molecular weight is 307 g/mol. The molecule has 0 spiro atoms. The lowest BCUT2D eigenvalue weighted by molar-refractivity contribution is -0.130. The molecule has 1 aliphatic heterocycles. The number of likely N-dealkylation sites (tertiary alicyclic amines) is 1. The molecule has 0 atom stereocenters. The molecule has 0 unspecified atom stereocenters. The van der Waals surface area contributed by atoms with E-state index in [-0.39, 0.29) is 11.6 Å². The van der Waals surface area contributed by atoms with E-state index < -0.39 is 5.97 Å². The molecule has 1 aliphatic rings. The summed E-state index contributed by atoms with van der Waals surface area (Å²) in [6, 6.07) is 1.52. The molecular formula is C14H21N5O3. The van der Waals surface area contributed by atoms with Crippen molar-refractivity contribution < 1.29 is 14.3 Å². The number of ether oxygens (including phenoxy) is 1. The van der Waals surface area contributed by atoms with Crippen LogP contribution in [0.25, 0.3) is 0 Å². The van der Waals surface area contributed by atoms with Crippen LogP contribution in [0.15, 0.2) is 12.4 Å². The van der Waals surface area contributed by atoms with Crippen molar-refractivity contribution in [2.45, 2.75) is 19.8 Å². The van der Waals surface area contributed by atoms with Crippen LogP contribution in [0, 0.1) is 5.92 Å². The van der Waals surface area contributed by atoms with Gasteiger partial charge in [-0.05, 0) is 18.8 Å². The lowest BCUT2D eigenvalue weighted by Crippen LogP contribution is -2.40. The van der Waals surface area contributed by atoms with Crippen LogP contribution in [0.4, 0.5) is 5.82 Å². The van der Waals surface area contributed by atoms with Crippen LogP contribution >= 0.6 is 0 Å². The van der Waals surface area contributed by atoms with Gasteiger partial charge in [-0.25, -0.2) is 20.2 Å². The molecule has 2 rings (SSSR count). The van der Waals surface area contributed by atoms with Gasteiger partial charge in [-0.2, -0.15) is 0 Å². The quantitative estimate of drug-likeness (QED) is 0.602. The first-order valence-corrected chi connectivity index (χ1v) is 7.25. The first-order valence-electron chi connectivity index (χ1n) is 7.25. The zero-order valence-corrected chi connectivity index (χ0v) is 12.8. The SMILES string of the molecule is COC(=O)c1cc(NNCC2CCN(C(C)=O)CC2)ncn1. The monoisotopic (exact) mass is 307 g/mol. The van der Waals surface area contributed by atoms with E-state index in [0.29, 0.717) is 11.7 Å². The second kappa shape index (κ2) is 7.69. The highest BCUT2D eigenvalue weighted by molar-refractivity contribution is 5.87. The second-order valence-corrected chi connectivity index (χ2v) is 5.24. The van der Waals surface area contributed by atoms with Crippen LogP contribution in [0.5, 0.6) is 0 Å². The minimum Gasteiger partial charge on any atom is -0.464 e. The van der Waals surface area contributed by atoms with Gasteiger partial charge in [0.25, 0.3) is 0 Å². The number of hydrazine groups is 1. The smallest absolute Gasteiger partial charge is 0.356 e. The Morgan fingerprint density at radius 1 is 1.36 bits per heavy atom. The van der Waals surface area contributed by atoms with Gasteiger partial charge in [0.05, 0.1) is 7.11 Å². The minimum absolute atomic E-state index is 0.140. The normalized spacial score (nSPS) is 15.5. The fourth-order valence-electron chi connectivity index (χ4n) is 2.38. The Labute approximate surface area is 129 Å². The molecular weight excluding hydrogens is 286 g/mol. The van der Waals surface area contributed by atoms with Gasteiger partial charge in [0.1, 0.15) is 12.1 Å². The van der Waals surface area contributed by atoms with E-state index in [1.54, 1.807) is 6.92 Å². The molecule has 0 bridgehead atoms. The number of hydrogen-bond donors (Lipinski definition) is 2. The third-order valence-corrected chi connectivity index (χ3v) is 3.73. The summed E-state index contributed by atoms with van der Waals surface area (Å²) in [6.07, 6.45) is 3.26. The van der Waals surface area contributed by atoms with Gasteiger partial charge in [0.2, 0.25) is 5.91 Å². The van der Waals surface area contributed by atoms with E-state index in [4.69, 9.17) is 0 Å². The van der Waals surface area contributed by atoms with Crippen LogP contribution in [0.2, 0.25) is 0 Å². The van der Waals surface area contributed by atoms with Crippen molar-refractivity contribution in [3.8, 4) is 0 Å². The third kappa shape index (κ3) is 4.39. The molecule has 2 heterocycles. The summed E-state index contributed by atoms with van der Waals surface area (Å²) < 4.78 is 4.61. The number of hydrogen-bond acceptors (Lipinski definition) is 7. The molecule has 1 saturated heterocycles. The number of methoxy groups -OCH3 is 1. The number of nitrogens with one attached hydrogen (secondary N) is 2. The number of rotatable bonds is 5. The van der Waals surface area contributed by atoms with Crippen LogP contribution in [0.1, 0.15) is 30.3 Å². The Bertz CT molecular complexity index is 529. The molecule has 1 amide bonds. The lowest BCUT2D eigenvalue weighted by Gasteiger charge is -2.31. The van der Waals surface area contributed by atoms with Crippen LogP contribution in [0.3, 0.4) is 0 Å². The highest BCUT2D eigenvalue weighted by atomic mass is 16.5. The van der Waals surface area contributed by atoms with Crippen molar-refractivity contribution in [3.63, 3.8) is 0 Å². The summed E-state index contributed by atoms with van der Waals surface area (Å²) in [5.74, 6) is 0.657. The summed E-state index contributed by atoms with van der Waals surface area (Å²) in [7, 11) is 1.31. The zero-order chi connectivity index (χ0) is 15.9. The summed E-state index contributed by atoms with van der Waals surface area (Å²) in [5.41, 5.74) is 6.26. The number of amides is 1. The molecule has 1 aromatic rings. The van der Waals surface area contributed by atoms with Crippen LogP contribution < -0.4 is 10.9 Å². The van der Waals surface area contributed by atoms with Crippen LogP contribution in [-0.4, -0.2) is 53.5 Å². The molecule has 1 aromatic heterocycles. The fourth-order valence-corrected chi connectivity index (χ4v) is 2.38. The molecule has 0 aromatic carbocycles. The van der Waals surface area contributed by atoms with Crippen molar-refractivity contribution in [3.05, 3.63) is 18.1 Å². The molecule has 8 heteroatoms. The average Bonchev–Trinajstić information content (AvgIpc) is 2.55. The maximum Gasteiger partial charge on any atom is 0.356 e. The molecule has 0 aliphatic carbocycles. The third-order valence-electron chi connectivity index (χ3n) is 3.73. The number of aromatic nitrogens is 2. The Morgan fingerprint density at radius 3 is 2.73 bits per heavy atom. The Kier molecular flexibility index (Phi) is 5.65. The standard InChI is InChI=1S/C14H21N5O3/c1-10(20)19-5-3-11(4-6-19)8-17-18-13-7-12(14(21)22-2)15-9-16-13/h7,9,11,17H,3-6,8H2,1-2H3,(H,15,16,18). The van der Waals surface area contributed by atoms with Gasteiger partial charge in [0.15, 0.2) is 5.69 Å². The second-order valence-electron chi connectivity index (χ2n) is 5.24. The zero-order valence-electron chi connectivity index (χ0n) is 12.8. The predicted molar refractivity (Wildman–Crippen MR) is 80.0 cm³/mol. The number of nitrogens with zero attached hydrogens (tertiary/aromatic N) is 3. The number of carbonyl (C=O) groups is 2. The fraction of sp³-hybridized carbons (Fsp3) is 0.571. The van der Waals surface area contributed by atoms with E-state index in [1.807, 2.05) is 4.90 Å². The topological polar surface area (TPSA) is 96.5 Å². The molecule has 22 heavy (non-hydrogen) atoms. The van der Waals surface area contributed by atoms with Crippen molar-refractivity contribution in [2.75, 3.05) is 32.2 Å². The number of piperidine rings is 1. The van der Waals surface area contributed by atoms with E-state index in [1.165, 1.54) is 19.5 Å². The molecule has 2 N–H and O–H groups in total. The summed E-state index contributed by atoms with van der Waals surface area (Å²) in [4.78, 5) is 32.4. The number of esters is 1. The molecule has 0 radical (unpaired) electrons. The Hall–Kier alpha value is -2.22.